The van der Waals surface area contributed by atoms with Crippen molar-refractivity contribution in [2.45, 2.75) is 19.0 Å². The molecule has 2 rings (SSSR count). The summed E-state index contributed by atoms with van der Waals surface area (Å²) in [4.78, 5) is 0. The molecule has 0 aliphatic heterocycles. The van der Waals surface area contributed by atoms with E-state index in [0.29, 0.717) is 6.54 Å². The maximum atomic E-state index is 12.8. The molecule has 2 aromatic carbocycles. The maximum Gasteiger partial charge on any atom is 0.417 e. The second-order valence-electron chi connectivity index (χ2n) is 5.16. The van der Waals surface area contributed by atoms with Crippen molar-refractivity contribution in [1.29, 1.82) is 0 Å². The van der Waals surface area contributed by atoms with Crippen molar-refractivity contribution in [1.82, 2.24) is 5.32 Å². The average Bonchev–Trinajstić information content (AvgIpc) is 2.53. The zero-order chi connectivity index (χ0) is 17.6. The van der Waals surface area contributed by atoms with Crippen molar-refractivity contribution >= 4 is 34.6 Å². The number of hydrogen-bond acceptors (Lipinski definition) is 1. The Kier molecular flexibility index (Phi) is 6.45. The smallest absolute Gasteiger partial charge is 0.362 e. The molecule has 0 bridgehead atoms. The van der Waals surface area contributed by atoms with E-state index < -0.39 is 11.7 Å². The molecule has 0 fully saturated rings. The molecular weight excluding hydrogens is 357 g/mol. The van der Waals surface area contributed by atoms with Crippen LogP contribution in [-0.2, 0) is 12.6 Å². The highest BCUT2D eigenvalue weighted by molar-refractivity contribution is 7.80. The van der Waals surface area contributed by atoms with Crippen LogP contribution in [0.1, 0.15) is 17.5 Å². The molecule has 0 amide bonds. The Hall–Kier alpha value is -1.79. The van der Waals surface area contributed by atoms with Crippen LogP contribution in [0.25, 0.3) is 0 Å². The van der Waals surface area contributed by atoms with Crippen LogP contribution in [0, 0.1) is 0 Å². The highest BCUT2D eigenvalue weighted by Crippen LogP contribution is 2.36. The Balaban J connectivity index is 1.82. The summed E-state index contributed by atoms with van der Waals surface area (Å²) in [5.41, 5.74) is 0.582. The minimum absolute atomic E-state index is 0.243. The van der Waals surface area contributed by atoms with Gasteiger partial charge in [-0.05, 0) is 48.8 Å². The molecule has 2 nitrogen and oxygen atoms in total. The van der Waals surface area contributed by atoms with E-state index in [4.69, 9.17) is 23.8 Å². The first kappa shape index (κ1) is 18.5. The molecule has 0 atom stereocenters. The molecule has 2 aromatic rings. The topological polar surface area (TPSA) is 24.1 Å². The molecule has 0 aliphatic carbocycles. The number of nitrogens with one attached hydrogen (secondary N) is 2. The van der Waals surface area contributed by atoms with Crippen LogP contribution in [0.4, 0.5) is 18.9 Å². The van der Waals surface area contributed by atoms with Crippen molar-refractivity contribution < 1.29 is 13.2 Å². The predicted molar refractivity (Wildman–Crippen MR) is 95.4 cm³/mol. The van der Waals surface area contributed by atoms with Crippen molar-refractivity contribution in [3.8, 4) is 0 Å². The van der Waals surface area contributed by atoms with Gasteiger partial charge in [-0.1, -0.05) is 41.9 Å². The van der Waals surface area contributed by atoms with Crippen molar-refractivity contribution in [2.75, 3.05) is 11.9 Å². The number of halogens is 4. The summed E-state index contributed by atoms with van der Waals surface area (Å²) >= 11 is 10.7. The summed E-state index contributed by atoms with van der Waals surface area (Å²) in [5, 5.41) is 5.66. The van der Waals surface area contributed by atoms with Gasteiger partial charge in [0.15, 0.2) is 5.11 Å². The van der Waals surface area contributed by atoms with E-state index in [1.165, 1.54) is 17.7 Å². The van der Waals surface area contributed by atoms with E-state index in [1.54, 1.807) is 0 Å². The molecule has 7 heteroatoms. The predicted octanol–water partition coefficient (Wildman–Crippen LogP) is 5.28. The van der Waals surface area contributed by atoms with Crippen LogP contribution < -0.4 is 10.6 Å². The second kappa shape index (κ2) is 8.35. The van der Waals surface area contributed by atoms with Gasteiger partial charge in [0.25, 0.3) is 0 Å². The molecule has 24 heavy (non-hydrogen) atoms. The minimum atomic E-state index is -4.50. The van der Waals surface area contributed by atoms with E-state index in [0.717, 1.165) is 18.9 Å². The van der Waals surface area contributed by atoms with Gasteiger partial charge in [0, 0.05) is 12.2 Å². The Morgan fingerprint density at radius 2 is 1.79 bits per heavy atom. The van der Waals surface area contributed by atoms with E-state index >= 15 is 0 Å². The fourth-order valence-electron chi connectivity index (χ4n) is 2.13. The molecule has 0 saturated carbocycles. The standard InChI is InChI=1S/C17H16ClF3N2S/c18-15-9-8-13(11-14(15)17(19,20)21)23-16(24)22-10-4-7-12-5-2-1-3-6-12/h1-3,5-6,8-9,11H,4,7,10H2,(H2,22,23,24). The van der Waals surface area contributed by atoms with E-state index in [1.807, 2.05) is 30.3 Å². The molecular formula is C17H16ClF3N2S. The van der Waals surface area contributed by atoms with Crippen molar-refractivity contribution in [3.63, 3.8) is 0 Å². The van der Waals surface area contributed by atoms with Gasteiger partial charge < -0.3 is 10.6 Å². The molecule has 0 radical (unpaired) electrons. The molecule has 0 aromatic heterocycles. The van der Waals surface area contributed by atoms with Crippen LogP contribution in [0.3, 0.4) is 0 Å². The third-order valence-electron chi connectivity index (χ3n) is 3.30. The Labute approximate surface area is 149 Å². The lowest BCUT2D eigenvalue weighted by atomic mass is 10.1. The van der Waals surface area contributed by atoms with Crippen LogP contribution in [0.15, 0.2) is 48.5 Å². The van der Waals surface area contributed by atoms with Crippen LogP contribution >= 0.6 is 23.8 Å². The SMILES string of the molecule is FC(F)(F)c1cc(NC(=S)NCCCc2ccccc2)ccc1Cl. The van der Waals surface area contributed by atoms with Gasteiger partial charge in [0.1, 0.15) is 0 Å². The number of alkyl halides is 3. The lowest BCUT2D eigenvalue weighted by molar-refractivity contribution is -0.137. The van der Waals surface area contributed by atoms with E-state index in [-0.39, 0.29) is 15.8 Å². The second-order valence-corrected chi connectivity index (χ2v) is 5.98. The number of hydrogen-bond donors (Lipinski definition) is 2. The summed E-state index contributed by atoms with van der Waals surface area (Å²) in [6, 6.07) is 13.6. The molecule has 0 spiro atoms. The lowest BCUT2D eigenvalue weighted by Gasteiger charge is -2.14. The summed E-state index contributed by atoms with van der Waals surface area (Å²) in [7, 11) is 0. The fourth-order valence-corrected chi connectivity index (χ4v) is 2.58. The summed E-state index contributed by atoms with van der Waals surface area (Å²) in [6.45, 7) is 0.625. The van der Waals surface area contributed by atoms with Crippen LogP contribution in [0.5, 0.6) is 0 Å². The Bertz CT molecular complexity index is 690. The van der Waals surface area contributed by atoms with Gasteiger partial charge in [-0.25, -0.2) is 0 Å². The monoisotopic (exact) mass is 372 g/mol. The molecule has 0 unspecified atom stereocenters. The minimum Gasteiger partial charge on any atom is -0.362 e. The molecule has 0 heterocycles. The first-order valence-electron chi connectivity index (χ1n) is 7.32. The van der Waals surface area contributed by atoms with Crippen molar-refractivity contribution in [2.24, 2.45) is 0 Å². The normalized spacial score (nSPS) is 11.2. The Morgan fingerprint density at radius 3 is 2.46 bits per heavy atom. The molecule has 128 valence electrons. The van der Waals surface area contributed by atoms with Gasteiger partial charge >= 0.3 is 6.18 Å². The number of rotatable bonds is 5. The van der Waals surface area contributed by atoms with Crippen molar-refractivity contribution in [3.05, 3.63) is 64.7 Å². The third kappa shape index (κ3) is 5.69. The highest BCUT2D eigenvalue weighted by atomic mass is 35.5. The van der Waals surface area contributed by atoms with E-state index in [9.17, 15) is 13.2 Å². The summed E-state index contributed by atoms with van der Waals surface area (Å²) < 4.78 is 38.4. The van der Waals surface area contributed by atoms with Gasteiger partial charge in [-0.3, -0.25) is 0 Å². The number of anilines is 1. The lowest BCUT2D eigenvalue weighted by Crippen LogP contribution is -2.29. The number of aryl methyl sites for hydroxylation is 1. The first-order valence-corrected chi connectivity index (χ1v) is 8.10. The van der Waals surface area contributed by atoms with Gasteiger partial charge in [0.2, 0.25) is 0 Å². The zero-order valence-corrected chi connectivity index (χ0v) is 14.2. The number of benzene rings is 2. The first-order chi connectivity index (χ1) is 11.4. The van der Waals surface area contributed by atoms with Gasteiger partial charge in [0.05, 0.1) is 10.6 Å². The highest BCUT2D eigenvalue weighted by Gasteiger charge is 2.33. The van der Waals surface area contributed by atoms with E-state index in [2.05, 4.69) is 10.6 Å². The van der Waals surface area contributed by atoms with Crippen LogP contribution in [-0.4, -0.2) is 11.7 Å². The summed E-state index contributed by atoms with van der Waals surface area (Å²) in [6.07, 6.45) is -2.74. The van der Waals surface area contributed by atoms with Gasteiger partial charge in [-0.2, -0.15) is 13.2 Å². The zero-order valence-electron chi connectivity index (χ0n) is 12.7. The molecule has 0 aliphatic rings. The third-order valence-corrected chi connectivity index (χ3v) is 3.88. The number of thiocarbonyl (C=S) groups is 1. The fraction of sp³-hybridized carbons (Fsp3) is 0.235. The van der Waals surface area contributed by atoms with Crippen LogP contribution in [0.2, 0.25) is 5.02 Å². The Morgan fingerprint density at radius 1 is 1.08 bits per heavy atom. The molecule has 2 N–H and O–H groups in total. The summed E-state index contributed by atoms with van der Waals surface area (Å²) in [5.74, 6) is 0. The average molecular weight is 373 g/mol. The largest absolute Gasteiger partial charge is 0.417 e. The maximum absolute atomic E-state index is 12.8. The molecule has 0 saturated heterocycles. The quantitative estimate of drug-likeness (QED) is 0.551. The van der Waals surface area contributed by atoms with Gasteiger partial charge in [-0.15, -0.1) is 0 Å².